The minimum absolute atomic E-state index is 0.00745. The SMILES string of the molecule is C[C@@H](C(=O)Nc1ccc(F)cc1)[NH+]1CCN(S(=O)(=O)c2ccccc2C#N)CC1. The predicted octanol–water partition coefficient (Wildman–Crippen LogP) is 0.614. The third-order valence-corrected chi connectivity index (χ3v) is 7.06. The Labute approximate surface area is 169 Å². The van der Waals surface area contributed by atoms with E-state index in [4.69, 9.17) is 0 Å². The topological polar surface area (TPSA) is 94.7 Å². The van der Waals surface area contributed by atoms with Crippen molar-refractivity contribution in [2.75, 3.05) is 31.5 Å². The number of nitrogens with one attached hydrogen (secondary N) is 2. The number of nitriles is 1. The molecule has 2 aromatic rings. The molecule has 1 amide bonds. The summed E-state index contributed by atoms with van der Waals surface area (Å²) in [6, 6.07) is 13.2. The molecule has 2 N–H and O–H groups in total. The molecule has 0 spiro atoms. The van der Waals surface area contributed by atoms with Gasteiger partial charge in [-0.2, -0.15) is 9.57 Å². The fraction of sp³-hybridized carbons (Fsp3) is 0.300. The zero-order valence-corrected chi connectivity index (χ0v) is 16.7. The molecule has 0 aliphatic carbocycles. The summed E-state index contributed by atoms with van der Waals surface area (Å²) >= 11 is 0. The van der Waals surface area contributed by atoms with E-state index in [0.717, 1.165) is 4.90 Å². The Balaban J connectivity index is 1.63. The molecule has 152 valence electrons. The summed E-state index contributed by atoms with van der Waals surface area (Å²) in [5.41, 5.74) is 0.631. The maximum atomic E-state index is 13.0. The molecule has 1 saturated heterocycles. The number of amides is 1. The Morgan fingerprint density at radius 3 is 2.41 bits per heavy atom. The first-order chi connectivity index (χ1) is 13.8. The maximum absolute atomic E-state index is 13.0. The summed E-state index contributed by atoms with van der Waals surface area (Å²) < 4.78 is 40.2. The Morgan fingerprint density at radius 1 is 1.17 bits per heavy atom. The summed E-state index contributed by atoms with van der Waals surface area (Å²) in [5, 5.41) is 11.9. The van der Waals surface area contributed by atoms with Crippen molar-refractivity contribution in [3.63, 3.8) is 0 Å². The molecule has 2 aromatic carbocycles. The normalized spacial score (nSPS) is 16.7. The van der Waals surface area contributed by atoms with E-state index in [-0.39, 0.29) is 35.3 Å². The molecule has 3 rings (SSSR count). The number of carbonyl (C=O) groups excluding carboxylic acids is 1. The number of hydrogen-bond donors (Lipinski definition) is 2. The van der Waals surface area contributed by atoms with Crippen LogP contribution in [0.4, 0.5) is 10.1 Å². The van der Waals surface area contributed by atoms with Crippen molar-refractivity contribution in [3.8, 4) is 6.07 Å². The van der Waals surface area contributed by atoms with Gasteiger partial charge in [-0.05, 0) is 43.3 Å². The first-order valence-corrected chi connectivity index (χ1v) is 10.7. The van der Waals surface area contributed by atoms with Gasteiger partial charge in [-0.15, -0.1) is 0 Å². The minimum atomic E-state index is -3.77. The fourth-order valence-electron chi connectivity index (χ4n) is 3.34. The average Bonchev–Trinajstić information content (AvgIpc) is 2.74. The Hall–Kier alpha value is -2.80. The van der Waals surface area contributed by atoms with Crippen LogP contribution in [0.3, 0.4) is 0 Å². The van der Waals surface area contributed by atoms with Gasteiger partial charge in [0.05, 0.1) is 36.6 Å². The number of hydrogen-bond acceptors (Lipinski definition) is 4. The van der Waals surface area contributed by atoms with Gasteiger partial charge >= 0.3 is 0 Å². The highest BCUT2D eigenvalue weighted by Gasteiger charge is 2.35. The second-order valence-electron chi connectivity index (χ2n) is 6.89. The van der Waals surface area contributed by atoms with E-state index >= 15 is 0 Å². The zero-order chi connectivity index (χ0) is 21.0. The molecule has 0 unspecified atom stereocenters. The van der Waals surface area contributed by atoms with Gasteiger partial charge in [-0.25, -0.2) is 12.8 Å². The number of nitrogens with zero attached hydrogens (tertiary/aromatic N) is 2. The van der Waals surface area contributed by atoms with E-state index < -0.39 is 16.1 Å². The molecule has 1 aliphatic rings. The second kappa shape index (κ2) is 8.69. The second-order valence-corrected chi connectivity index (χ2v) is 8.79. The highest BCUT2D eigenvalue weighted by molar-refractivity contribution is 7.89. The van der Waals surface area contributed by atoms with Gasteiger partial charge in [-0.1, -0.05) is 12.1 Å². The van der Waals surface area contributed by atoms with Crippen molar-refractivity contribution in [2.45, 2.75) is 17.9 Å². The lowest BCUT2D eigenvalue weighted by Crippen LogP contribution is -3.19. The van der Waals surface area contributed by atoms with Gasteiger partial charge in [0.2, 0.25) is 10.0 Å². The van der Waals surface area contributed by atoms with Crippen molar-refractivity contribution in [2.24, 2.45) is 0 Å². The van der Waals surface area contributed by atoms with Gasteiger partial charge in [0, 0.05) is 5.69 Å². The molecule has 9 heteroatoms. The Kier molecular flexibility index (Phi) is 6.27. The van der Waals surface area contributed by atoms with Gasteiger partial charge in [0.15, 0.2) is 6.04 Å². The fourth-order valence-corrected chi connectivity index (χ4v) is 4.92. The number of benzene rings is 2. The van der Waals surface area contributed by atoms with Gasteiger partial charge in [0.25, 0.3) is 5.91 Å². The number of sulfonamides is 1. The van der Waals surface area contributed by atoms with E-state index in [2.05, 4.69) is 5.32 Å². The lowest BCUT2D eigenvalue weighted by Gasteiger charge is -2.34. The summed E-state index contributed by atoms with van der Waals surface area (Å²) in [6.07, 6.45) is 0. The number of rotatable bonds is 5. The van der Waals surface area contributed by atoms with Crippen LogP contribution in [0.5, 0.6) is 0 Å². The zero-order valence-electron chi connectivity index (χ0n) is 15.9. The summed E-state index contributed by atoms with van der Waals surface area (Å²) in [5.74, 6) is -0.588. The van der Waals surface area contributed by atoms with Crippen LogP contribution in [-0.2, 0) is 14.8 Å². The van der Waals surface area contributed by atoms with Crippen molar-refractivity contribution < 1.29 is 22.5 Å². The highest BCUT2D eigenvalue weighted by atomic mass is 32.2. The van der Waals surface area contributed by atoms with Crippen molar-refractivity contribution >= 4 is 21.6 Å². The number of anilines is 1. The standard InChI is InChI=1S/C20H21FN4O3S/c1-15(20(26)23-18-8-6-17(21)7-9-18)24-10-12-25(13-11-24)29(27,28)19-5-3-2-4-16(19)14-22/h2-9,15H,10-13H2,1H3,(H,23,26)/p+1/t15-/m0/s1. The first-order valence-electron chi connectivity index (χ1n) is 9.23. The molecule has 7 nitrogen and oxygen atoms in total. The molecule has 1 fully saturated rings. The average molecular weight is 417 g/mol. The van der Waals surface area contributed by atoms with E-state index in [1.807, 2.05) is 6.07 Å². The maximum Gasteiger partial charge on any atom is 0.282 e. The smallest absolute Gasteiger partial charge is 0.282 e. The lowest BCUT2D eigenvalue weighted by atomic mass is 10.2. The van der Waals surface area contributed by atoms with Gasteiger partial charge < -0.3 is 10.2 Å². The van der Waals surface area contributed by atoms with Crippen molar-refractivity contribution in [1.29, 1.82) is 5.26 Å². The molecule has 0 saturated carbocycles. The molecule has 0 bridgehead atoms. The quantitative estimate of drug-likeness (QED) is 0.746. The monoisotopic (exact) mass is 417 g/mol. The third-order valence-electron chi connectivity index (χ3n) is 5.11. The number of quaternary nitrogens is 1. The molecule has 1 heterocycles. The van der Waals surface area contributed by atoms with Crippen molar-refractivity contribution in [3.05, 3.63) is 59.9 Å². The lowest BCUT2D eigenvalue weighted by molar-refractivity contribution is -0.917. The van der Waals surface area contributed by atoms with Crippen LogP contribution in [0.25, 0.3) is 0 Å². The van der Waals surface area contributed by atoms with Crippen LogP contribution in [0.1, 0.15) is 12.5 Å². The third kappa shape index (κ3) is 4.62. The van der Waals surface area contributed by atoms with Crippen LogP contribution in [0.2, 0.25) is 0 Å². The van der Waals surface area contributed by atoms with E-state index in [1.165, 1.54) is 40.7 Å². The number of carbonyl (C=O) groups is 1. The number of halogens is 1. The predicted molar refractivity (Wildman–Crippen MR) is 105 cm³/mol. The van der Waals surface area contributed by atoms with Crippen LogP contribution in [0.15, 0.2) is 53.4 Å². The van der Waals surface area contributed by atoms with Gasteiger partial charge in [-0.3, -0.25) is 4.79 Å². The molecule has 0 aromatic heterocycles. The van der Waals surface area contributed by atoms with E-state index in [0.29, 0.717) is 18.8 Å². The summed E-state index contributed by atoms with van der Waals surface area (Å²) in [6.45, 7) is 3.22. The summed E-state index contributed by atoms with van der Waals surface area (Å²) in [4.78, 5) is 13.5. The largest absolute Gasteiger partial charge is 0.323 e. The highest BCUT2D eigenvalue weighted by Crippen LogP contribution is 2.19. The van der Waals surface area contributed by atoms with E-state index in [1.54, 1.807) is 19.1 Å². The molecular formula is C20H22FN4O3S+. The number of piperazine rings is 1. The van der Waals surface area contributed by atoms with Crippen LogP contribution < -0.4 is 10.2 Å². The van der Waals surface area contributed by atoms with Crippen LogP contribution in [0, 0.1) is 17.1 Å². The first kappa shape index (κ1) is 20.9. The van der Waals surface area contributed by atoms with Crippen LogP contribution >= 0.6 is 0 Å². The molecule has 1 aliphatic heterocycles. The molecule has 1 atom stereocenters. The molecular weight excluding hydrogens is 395 g/mol. The van der Waals surface area contributed by atoms with E-state index in [9.17, 15) is 22.9 Å². The Bertz CT molecular complexity index is 1030. The summed E-state index contributed by atoms with van der Waals surface area (Å²) in [7, 11) is -3.77. The van der Waals surface area contributed by atoms with Crippen molar-refractivity contribution in [1.82, 2.24) is 4.31 Å². The molecule has 29 heavy (non-hydrogen) atoms. The Morgan fingerprint density at radius 2 is 1.79 bits per heavy atom. The van der Waals surface area contributed by atoms with Crippen LogP contribution in [-0.4, -0.2) is 50.9 Å². The minimum Gasteiger partial charge on any atom is -0.323 e. The molecule has 0 radical (unpaired) electrons. The van der Waals surface area contributed by atoms with Gasteiger partial charge in [0.1, 0.15) is 11.9 Å².